The average Bonchev–Trinajstić information content (AvgIpc) is 3.01. The fraction of sp³-hybridized carbons (Fsp3) is 0.769. The summed E-state index contributed by atoms with van der Waals surface area (Å²) in [5.74, 6) is 0.551. The van der Waals surface area contributed by atoms with Gasteiger partial charge in [0, 0.05) is 19.1 Å². The van der Waals surface area contributed by atoms with E-state index in [2.05, 4.69) is 44.9 Å². The second-order valence-electron chi connectivity index (χ2n) is 4.75. The van der Waals surface area contributed by atoms with Crippen molar-refractivity contribution in [3.05, 3.63) is 16.4 Å². The van der Waals surface area contributed by atoms with Crippen LogP contribution in [0.5, 0.6) is 0 Å². The van der Waals surface area contributed by atoms with Crippen molar-refractivity contribution in [2.75, 3.05) is 19.8 Å². The highest BCUT2D eigenvalue weighted by atomic mass is 79.9. The third-order valence-electron chi connectivity index (χ3n) is 3.48. The van der Waals surface area contributed by atoms with Crippen LogP contribution in [0.15, 0.2) is 10.7 Å². The van der Waals surface area contributed by atoms with E-state index in [9.17, 15) is 0 Å². The van der Waals surface area contributed by atoms with Gasteiger partial charge in [0.05, 0.1) is 29.0 Å². The van der Waals surface area contributed by atoms with E-state index >= 15 is 0 Å². The predicted octanol–water partition coefficient (Wildman–Crippen LogP) is 2.74. The van der Waals surface area contributed by atoms with Crippen molar-refractivity contribution in [2.45, 2.75) is 39.3 Å². The minimum atomic E-state index is 0.337. The van der Waals surface area contributed by atoms with E-state index < -0.39 is 0 Å². The van der Waals surface area contributed by atoms with Gasteiger partial charge in [-0.1, -0.05) is 6.92 Å². The Balaban J connectivity index is 2.23. The van der Waals surface area contributed by atoms with Gasteiger partial charge in [-0.15, -0.1) is 0 Å². The van der Waals surface area contributed by atoms with Gasteiger partial charge in [0.2, 0.25) is 0 Å². The molecule has 2 heterocycles. The van der Waals surface area contributed by atoms with Crippen molar-refractivity contribution in [2.24, 2.45) is 5.92 Å². The number of aromatic nitrogens is 2. The zero-order valence-corrected chi connectivity index (χ0v) is 12.7. The van der Waals surface area contributed by atoms with Gasteiger partial charge in [-0.2, -0.15) is 5.10 Å². The van der Waals surface area contributed by atoms with Crippen LogP contribution in [0.4, 0.5) is 0 Å². The lowest BCUT2D eigenvalue weighted by Gasteiger charge is -2.25. The highest BCUT2D eigenvalue weighted by molar-refractivity contribution is 9.10. The number of hydrogen-bond acceptors (Lipinski definition) is 3. The number of halogens is 1. The number of ether oxygens (including phenoxy) is 1. The van der Waals surface area contributed by atoms with Gasteiger partial charge in [-0.05, 0) is 42.2 Å². The number of rotatable bonds is 6. The topological polar surface area (TPSA) is 39.1 Å². The van der Waals surface area contributed by atoms with Crippen molar-refractivity contribution in [3.63, 3.8) is 0 Å². The van der Waals surface area contributed by atoms with E-state index in [-0.39, 0.29) is 0 Å². The molecule has 0 aromatic carbocycles. The molecule has 2 unspecified atom stereocenters. The quantitative estimate of drug-likeness (QED) is 0.877. The molecule has 5 heteroatoms. The summed E-state index contributed by atoms with van der Waals surface area (Å²) in [5, 5.41) is 8.08. The largest absolute Gasteiger partial charge is 0.381 e. The Kier molecular flexibility index (Phi) is 5.21. The molecule has 4 nitrogen and oxygen atoms in total. The van der Waals surface area contributed by atoms with Crippen LogP contribution >= 0.6 is 15.9 Å². The normalized spacial score (nSPS) is 21.4. The Morgan fingerprint density at radius 1 is 1.61 bits per heavy atom. The number of nitrogens with one attached hydrogen (secondary N) is 1. The smallest absolute Gasteiger partial charge is 0.0699 e. The standard InChI is InChI=1S/C13H22BrN3O/c1-3-6-15-12(10-5-7-18-9-10)13-11(14)8-16-17(13)4-2/h8,10,12,15H,3-7,9H2,1-2H3. The fourth-order valence-corrected chi connectivity index (χ4v) is 3.08. The van der Waals surface area contributed by atoms with Crippen LogP contribution in [-0.4, -0.2) is 29.5 Å². The van der Waals surface area contributed by atoms with Crippen molar-refractivity contribution in [1.82, 2.24) is 15.1 Å². The van der Waals surface area contributed by atoms with E-state index in [0.29, 0.717) is 12.0 Å². The lowest BCUT2D eigenvalue weighted by molar-refractivity contribution is 0.175. The molecule has 0 spiro atoms. The Hall–Kier alpha value is -0.390. The molecule has 0 bridgehead atoms. The van der Waals surface area contributed by atoms with Crippen molar-refractivity contribution >= 4 is 15.9 Å². The summed E-state index contributed by atoms with van der Waals surface area (Å²) >= 11 is 3.63. The predicted molar refractivity (Wildman–Crippen MR) is 75.6 cm³/mol. The first kappa shape index (κ1) is 14.0. The van der Waals surface area contributed by atoms with Gasteiger partial charge in [-0.25, -0.2) is 0 Å². The molecule has 1 N–H and O–H groups in total. The van der Waals surface area contributed by atoms with Gasteiger partial charge in [-0.3, -0.25) is 4.68 Å². The Morgan fingerprint density at radius 2 is 2.44 bits per heavy atom. The minimum absolute atomic E-state index is 0.337. The van der Waals surface area contributed by atoms with E-state index in [1.54, 1.807) is 0 Å². The molecule has 1 fully saturated rings. The average molecular weight is 316 g/mol. The molecular weight excluding hydrogens is 294 g/mol. The van der Waals surface area contributed by atoms with E-state index in [0.717, 1.165) is 43.6 Å². The monoisotopic (exact) mass is 315 g/mol. The molecule has 0 radical (unpaired) electrons. The Morgan fingerprint density at radius 3 is 3.06 bits per heavy atom. The van der Waals surface area contributed by atoms with Crippen LogP contribution in [0, 0.1) is 5.92 Å². The van der Waals surface area contributed by atoms with Crippen LogP contribution in [0.3, 0.4) is 0 Å². The summed E-state index contributed by atoms with van der Waals surface area (Å²) in [7, 11) is 0. The molecule has 1 aliphatic heterocycles. The molecule has 1 saturated heterocycles. The first-order chi connectivity index (χ1) is 8.77. The van der Waals surface area contributed by atoms with Gasteiger partial charge in [0.1, 0.15) is 0 Å². The van der Waals surface area contributed by atoms with E-state index in [1.807, 2.05) is 6.20 Å². The maximum Gasteiger partial charge on any atom is 0.0699 e. The number of nitrogens with zero attached hydrogens (tertiary/aromatic N) is 2. The zero-order valence-electron chi connectivity index (χ0n) is 11.2. The van der Waals surface area contributed by atoms with Crippen LogP contribution in [0.2, 0.25) is 0 Å². The second-order valence-corrected chi connectivity index (χ2v) is 5.60. The van der Waals surface area contributed by atoms with Gasteiger partial charge in [0.15, 0.2) is 0 Å². The minimum Gasteiger partial charge on any atom is -0.381 e. The summed E-state index contributed by atoms with van der Waals surface area (Å²) in [4.78, 5) is 0. The molecule has 18 heavy (non-hydrogen) atoms. The third-order valence-corrected chi connectivity index (χ3v) is 4.09. The summed E-state index contributed by atoms with van der Waals surface area (Å²) < 4.78 is 8.73. The van der Waals surface area contributed by atoms with E-state index in [1.165, 1.54) is 5.69 Å². The zero-order chi connectivity index (χ0) is 13.0. The summed E-state index contributed by atoms with van der Waals surface area (Å²) in [5.41, 5.74) is 1.27. The van der Waals surface area contributed by atoms with Crippen LogP contribution < -0.4 is 5.32 Å². The molecule has 0 aliphatic carbocycles. The van der Waals surface area contributed by atoms with Gasteiger partial charge >= 0.3 is 0 Å². The molecule has 2 rings (SSSR count). The summed E-state index contributed by atoms with van der Waals surface area (Å²) in [6.45, 7) is 7.99. The second kappa shape index (κ2) is 6.68. The van der Waals surface area contributed by atoms with Crippen molar-refractivity contribution in [1.29, 1.82) is 0 Å². The highest BCUT2D eigenvalue weighted by Crippen LogP contribution is 2.33. The van der Waals surface area contributed by atoms with Crippen LogP contribution in [-0.2, 0) is 11.3 Å². The number of aryl methyl sites for hydroxylation is 1. The van der Waals surface area contributed by atoms with Gasteiger partial charge in [0.25, 0.3) is 0 Å². The molecule has 2 atom stereocenters. The molecule has 102 valence electrons. The van der Waals surface area contributed by atoms with Crippen LogP contribution in [0.1, 0.15) is 38.4 Å². The highest BCUT2D eigenvalue weighted by Gasteiger charge is 2.30. The summed E-state index contributed by atoms with van der Waals surface area (Å²) in [6, 6.07) is 0.337. The molecule has 1 aliphatic rings. The fourth-order valence-electron chi connectivity index (χ4n) is 2.54. The first-order valence-electron chi connectivity index (χ1n) is 6.80. The lowest BCUT2D eigenvalue weighted by atomic mass is 9.96. The lowest BCUT2D eigenvalue weighted by Crippen LogP contribution is -2.31. The molecule has 1 aromatic heterocycles. The molecular formula is C13H22BrN3O. The maximum absolute atomic E-state index is 5.54. The van der Waals surface area contributed by atoms with Crippen LogP contribution in [0.25, 0.3) is 0 Å². The van der Waals surface area contributed by atoms with E-state index in [4.69, 9.17) is 4.74 Å². The maximum atomic E-state index is 5.54. The van der Waals surface area contributed by atoms with Crippen molar-refractivity contribution < 1.29 is 4.74 Å². The number of hydrogen-bond donors (Lipinski definition) is 1. The Labute approximate surface area is 117 Å². The Bertz CT molecular complexity index is 374. The van der Waals surface area contributed by atoms with Crippen molar-refractivity contribution in [3.8, 4) is 0 Å². The first-order valence-corrected chi connectivity index (χ1v) is 7.59. The third kappa shape index (κ3) is 2.95. The molecule has 0 amide bonds. The molecule has 1 aromatic rings. The molecule has 0 saturated carbocycles. The summed E-state index contributed by atoms with van der Waals surface area (Å²) in [6.07, 6.45) is 4.17. The SMILES string of the molecule is CCCNC(c1c(Br)cnn1CC)C1CCOC1. The van der Waals surface area contributed by atoms with Gasteiger partial charge < -0.3 is 10.1 Å².